The van der Waals surface area contributed by atoms with Crippen molar-refractivity contribution in [1.82, 2.24) is 5.32 Å². The highest BCUT2D eigenvalue weighted by molar-refractivity contribution is 6.40. The summed E-state index contributed by atoms with van der Waals surface area (Å²) in [6.45, 7) is 4.28. The number of carbonyl (C=O) groups is 2. The predicted octanol–water partition coefficient (Wildman–Crippen LogP) is 5.49. The Hall–Kier alpha value is -2.04. The van der Waals surface area contributed by atoms with Gasteiger partial charge in [-0.3, -0.25) is 15.0 Å². The van der Waals surface area contributed by atoms with E-state index in [0.717, 1.165) is 6.42 Å². The maximum Gasteiger partial charge on any atom is 0.328 e. The summed E-state index contributed by atoms with van der Waals surface area (Å²) in [4.78, 5) is 26.0. The van der Waals surface area contributed by atoms with E-state index < -0.39 is 11.9 Å². The highest BCUT2D eigenvalue weighted by Crippen LogP contribution is 2.25. The number of anilines is 1. The van der Waals surface area contributed by atoms with E-state index in [2.05, 4.69) is 19.2 Å². The van der Waals surface area contributed by atoms with Gasteiger partial charge in [-0.05, 0) is 42.2 Å². The average Bonchev–Trinajstić information content (AvgIpc) is 2.60. The van der Waals surface area contributed by atoms with Crippen molar-refractivity contribution in [2.45, 2.75) is 26.2 Å². The fraction of sp³-hybridized carbons (Fsp3) is 0.263. The first-order valence-corrected chi connectivity index (χ1v) is 8.73. The van der Waals surface area contributed by atoms with Gasteiger partial charge < -0.3 is 0 Å². The van der Waals surface area contributed by atoms with Crippen LogP contribution in [0.25, 0.3) is 0 Å². The predicted molar refractivity (Wildman–Crippen MR) is 103 cm³/mol. The van der Waals surface area contributed by atoms with E-state index in [4.69, 9.17) is 23.2 Å². The zero-order valence-corrected chi connectivity index (χ0v) is 15.9. The first-order chi connectivity index (χ1) is 11.8. The van der Waals surface area contributed by atoms with Crippen molar-refractivity contribution in [3.63, 3.8) is 0 Å². The number of hydrogen-bond donors (Lipinski definition) is 1. The molecule has 0 saturated heterocycles. The van der Waals surface area contributed by atoms with E-state index >= 15 is 0 Å². The van der Waals surface area contributed by atoms with Crippen molar-refractivity contribution >= 4 is 40.8 Å². The second-order valence-corrected chi connectivity index (χ2v) is 6.63. The maximum atomic E-state index is 12.3. The maximum absolute atomic E-state index is 12.3. The summed E-state index contributed by atoms with van der Waals surface area (Å²) in [7, 11) is 1.59. The van der Waals surface area contributed by atoms with E-state index in [1.54, 1.807) is 25.2 Å². The van der Waals surface area contributed by atoms with Crippen LogP contribution in [0.15, 0.2) is 42.5 Å². The lowest BCUT2D eigenvalue weighted by atomic mass is 9.98. The normalized spacial score (nSPS) is 11.7. The Morgan fingerprint density at radius 1 is 1.08 bits per heavy atom. The molecule has 0 heterocycles. The van der Waals surface area contributed by atoms with Gasteiger partial charge in [-0.15, -0.1) is 0 Å². The van der Waals surface area contributed by atoms with Crippen LogP contribution in [0.2, 0.25) is 10.0 Å². The SMILES string of the molecule is CCC(C)c1ccc(N(C)C(=O)NC(=O)c2c(Cl)cccc2Cl)cc1. The Balaban J connectivity index is 2.11. The molecule has 1 unspecified atom stereocenters. The topological polar surface area (TPSA) is 49.4 Å². The zero-order valence-electron chi connectivity index (χ0n) is 14.3. The standard InChI is InChI=1S/C19H20Cl2N2O2/c1-4-12(2)13-8-10-14(11-9-13)23(3)19(25)22-18(24)17-15(20)6-5-7-16(17)21/h5-12H,4H2,1-3H3,(H,22,24,25). The Kier molecular flexibility index (Phi) is 6.45. The van der Waals surface area contributed by atoms with Crippen LogP contribution in [-0.4, -0.2) is 19.0 Å². The molecule has 0 fully saturated rings. The van der Waals surface area contributed by atoms with Crippen molar-refractivity contribution in [2.24, 2.45) is 0 Å². The lowest BCUT2D eigenvalue weighted by Crippen LogP contribution is -2.41. The lowest BCUT2D eigenvalue weighted by molar-refractivity contribution is 0.0966. The molecule has 6 heteroatoms. The van der Waals surface area contributed by atoms with Gasteiger partial charge in [0.2, 0.25) is 0 Å². The Morgan fingerprint density at radius 2 is 1.64 bits per heavy atom. The number of halogens is 2. The van der Waals surface area contributed by atoms with Gasteiger partial charge in [-0.25, -0.2) is 4.79 Å². The number of carbonyl (C=O) groups excluding carboxylic acids is 2. The third-order valence-electron chi connectivity index (χ3n) is 4.18. The molecule has 0 aliphatic rings. The molecular weight excluding hydrogens is 359 g/mol. The van der Waals surface area contributed by atoms with Crippen LogP contribution in [-0.2, 0) is 0 Å². The van der Waals surface area contributed by atoms with Gasteiger partial charge in [0.25, 0.3) is 5.91 Å². The second-order valence-electron chi connectivity index (χ2n) is 5.82. The van der Waals surface area contributed by atoms with E-state index in [1.807, 2.05) is 24.3 Å². The van der Waals surface area contributed by atoms with Crippen molar-refractivity contribution in [3.8, 4) is 0 Å². The number of nitrogens with zero attached hydrogens (tertiary/aromatic N) is 1. The number of nitrogens with one attached hydrogen (secondary N) is 1. The van der Waals surface area contributed by atoms with Crippen LogP contribution in [0.1, 0.15) is 42.1 Å². The van der Waals surface area contributed by atoms with Gasteiger partial charge in [0.15, 0.2) is 0 Å². The number of imide groups is 1. The minimum absolute atomic E-state index is 0.0831. The number of benzene rings is 2. The Morgan fingerprint density at radius 3 is 2.16 bits per heavy atom. The molecule has 0 aromatic heterocycles. The van der Waals surface area contributed by atoms with Gasteiger partial charge in [0, 0.05) is 12.7 Å². The molecule has 0 aliphatic carbocycles. The molecule has 0 bridgehead atoms. The minimum Gasteiger partial charge on any atom is -0.297 e. The molecule has 4 nitrogen and oxygen atoms in total. The van der Waals surface area contributed by atoms with E-state index in [9.17, 15) is 9.59 Å². The van der Waals surface area contributed by atoms with E-state index in [0.29, 0.717) is 11.6 Å². The van der Waals surface area contributed by atoms with Crippen LogP contribution >= 0.6 is 23.2 Å². The summed E-state index contributed by atoms with van der Waals surface area (Å²) in [5.41, 5.74) is 1.97. The summed E-state index contributed by atoms with van der Waals surface area (Å²) in [6, 6.07) is 11.8. The van der Waals surface area contributed by atoms with Crippen molar-refractivity contribution in [2.75, 3.05) is 11.9 Å². The summed E-state index contributed by atoms with van der Waals surface area (Å²) < 4.78 is 0. The molecule has 2 aromatic rings. The molecule has 2 rings (SSSR count). The molecule has 3 amide bonds. The van der Waals surface area contributed by atoms with Gasteiger partial charge in [0.05, 0.1) is 15.6 Å². The Labute approximate surface area is 157 Å². The number of rotatable bonds is 4. The molecule has 2 aromatic carbocycles. The summed E-state index contributed by atoms with van der Waals surface area (Å²) in [5, 5.41) is 2.69. The molecule has 0 aliphatic heterocycles. The Bertz CT molecular complexity index is 755. The summed E-state index contributed by atoms with van der Waals surface area (Å²) in [5.74, 6) is -0.180. The fourth-order valence-electron chi connectivity index (χ4n) is 2.34. The third-order valence-corrected chi connectivity index (χ3v) is 4.81. The van der Waals surface area contributed by atoms with Crippen LogP contribution in [0.5, 0.6) is 0 Å². The van der Waals surface area contributed by atoms with Crippen LogP contribution in [0.3, 0.4) is 0 Å². The number of hydrogen-bond acceptors (Lipinski definition) is 2. The molecular formula is C19H20Cl2N2O2. The van der Waals surface area contributed by atoms with Crippen LogP contribution in [0.4, 0.5) is 10.5 Å². The molecule has 25 heavy (non-hydrogen) atoms. The summed E-state index contributed by atoms with van der Waals surface area (Å²) >= 11 is 12.0. The van der Waals surface area contributed by atoms with Crippen LogP contribution < -0.4 is 10.2 Å². The van der Waals surface area contributed by atoms with E-state index in [1.165, 1.54) is 10.5 Å². The minimum atomic E-state index is -0.635. The quantitative estimate of drug-likeness (QED) is 0.763. The number of amides is 3. The first kappa shape index (κ1) is 19.3. The largest absolute Gasteiger partial charge is 0.328 e. The summed E-state index contributed by atoms with van der Waals surface area (Å²) in [6.07, 6.45) is 1.04. The molecule has 1 N–H and O–H groups in total. The average molecular weight is 379 g/mol. The smallest absolute Gasteiger partial charge is 0.297 e. The van der Waals surface area contributed by atoms with Crippen molar-refractivity contribution < 1.29 is 9.59 Å². The highest BCUT2D eigenvalue weighted by Gasteiger charge is 2.19. The molecule has 0 spiro atoms. The molecule has 1 atom stereocenters. The zero-order chi connectivity index (χ0) is 18.6. The van der Waals surface area contributed by atoms with Crippen molar-refractivity contribution in [3.05, 3.63) is 63.6 Å². The molecule has 132 valence electrons. The molecule has 0 saturated carbocycles. The van der Waals surface area contributed by atoms with Crippen LogP contribution in [0, 0.1) is 0 Å². The fourth-order valence-corrected chi connectivity index (χ4v) is 2.91. The molecule has 0 radical (unpaired) electrons. The second kappa shape index (κ2) is 8.37. The van der Waals surface area contributed by atoms with Gasteiger partial charge in [0.1, 0.15) is 0 Å². The third kappa shape index (κ3) is 4.53. The van der Waals surface area contributed by atoms with Gasteiger partial charge >= 0.3 is 6.03 Å². The van der Waals surface area contributed by atoms with Gasteiger partial charge in [-0.2, -0.15) is 0 Å². The number of urea groups is 1. The lowest BCUT2D eigenvalue weighted by Gasteiger charge is -2.19. The van der Waals surface area contributed by atoms with Gasteiger partial charge in [-0.1, -0.05) is 55.2 Å². The first-order valence-electron chi connectivity index (χ1n) is 7.98. The highest BCUT2D eigenvalue weighted by atomic mass is 35.5. The van der Waals surface area contributed by atoms with Crippen molar-refractivity contribution in [1.29, 1.82) is 0 Å². The monoisotopic (exact) mass is 378 g/mol. The van der Waals surface area contributed by atoms with E-state index in [-0.39, 0.29) is 15.6 Å².